The third kappa shape index (κ3) is 4.12. The number of fused-ring (bicyclic) bond motifs is 1. The first-order valence-electron chi connectivity index (χ1n) is 8.69. The largest absolute Gasteiger partial charge is 0.328 e. The van der Waals surface area contributed by atoms with Crippen molar-refractivity contribution in [2.24, 2.45) is 0 Å². The molecular formula is C20H20ClN3O2S. The lowest BCUT2D eigenvalue weighted by molar-refractivity contribution is 0.0757. The molecule has 3 aromatic rings. The number of carbonyl (C=O) groups is 1. The van der Waals surface area contributed by atoms with Gasteiger partial charge in [-0.2, -0.15) is 5.10 Å². The van der Waals surface area contributed by atoms with E-state index in [1.165, 1.54) is 16.0 Å². The first-order valence-corrected chi connectivity index (χ1v) is 9.88. The van der Waals surface area contributed by atoms with E-state index in [1.54, 1.807) is 35.2 Å². The van der Waals surface area contributed by atoms with Crippen LogP contribution in [0.5, 0.6) is 0 Å². The highest BCUT2D eigenvalue weighted by Crippen LogP contribution is 2.24. The zero-order chi connectivity index (χ0) is 19.4. The third-order valence-corrected chi connectivity index (χ3v) is 5.33. The molecular weight excluding hydrogens is 382 g/mol. The molecule has 0 N–H and O–H groups in total. The van der Waals surface area contributed by atoms with Gasteiger partial charge in [-0.25, -0.2) is 4.68 Å². The van der Waals surface area contributed by atoms with Gasteiger partial charge in [0.1, 0.15) is 0 Å². The van der Waals surface area contributed by atoms with Crippen molar-refractivity contribution in [3.8, 4) is 0 Å². The van der Waals surface area contributed by atoms with E-state index < -0.39 is 0 Å². The van der Waals surface area contributed by atoms with Crippen LogP contribution in [0, 0.1) is 0 Å². The van der Waals surface area contributed by atoms with Gasteiger partial charge in [-0.15, -0.1) is 17.9 Å². The summed E-state index contributed by atoms with van der Waals surface area (Å²) in [5, 5.41) is 5.47. The molecule has 1 amide bonds. The summed E-state index contributed by atoms with van der Waals surface area (Å²) in [6.07, 6.45) is 2.43. The van der Waals surface area contributed by atoms with Crippen molar-refractivity contribution in [3.05, 3.63) is 74.3 Å². The second-order valence-corrected chi connectivity index (χ2v) is 7.90. The van der Waals surface area contributed by atoms with Gasteiger partial charge in [0.25, 0.3) is 11.5 Å². The topological polar surface area (TPSA) is 55.2 Å². The average Bonchev–Trinajstić information content (AvgIpc) is 3.08. The highest BCUT2D eigenvalue weighted by molar-refractivity contribution is 7.16. The van der Waals surface area contributed by atoms with E-state index in [9.17, 15) is 9.59 Å². The van der Waals surface area contributed by atoms with Gasteiger partial charge >= 0.3 is 0 Å². The quantitative estimate of drug-likeness (QED) is 0.553. The van der Waals surface area contributed by atoms with E-state index in [0.29, 0.717) is 34.7 Å². The summed E-state index contributed by atoms with van der Waals surface area (Å²) in [6.45, 7) is 6.97. The number of hydrogen-bond acceptors (Lipinski definition) is 4. The molecule has 2 aromatic heterocycles. The number of carbonyl (C=O) groups excluding carboxylic acids is 1. The summed E-state index contributed by atoms with van der Waals surface area (Å²) >= 11 is 7.45. The Kier molecular flexibility index (Phi) is 6.08. The number of aryl methyl sites for hydroxylation is 1. The highest BCUT2D eigenvalue weighted by atomic mass is 35.5. The Labute approximate surface area is 166 Å². The predicted octanol–water partition coefficient (Wildman–Crippen LogP) is 4.35. The van der Waals surface area contributed by atoms with Crippen molar-refractivity contribution in [2.75, 3.05) is 6.54 Å². The molecule has 0 fully saturated rings. The van der Waals surface area contributed by atoms with Crippen molar-refractivity contribution >= 4 is 39.6 Å². The Bertz CT molecular complexity index is 1040. The summed E-state index contributed by atoms with van der Waals surface area (Å²) in [4.78, 5) is 28.6. The number of amides is 1. The number of hydrogen-bond donors (Lipinski definition) is 0. The fourth-order valence-corrected chi connectivity index (χ4v) is 4.01. The van der Waals surface area contributed by atoms with Crippen molar-refractivity contribution in [1.29, 1.82) is 0 Å². The van der Waals surface area contributed by atoms with Gasteiger partial charge in [0.05, 0.1) is 16.3 Å². The lowest BCUT2D eigenvalue weighted by Crippen LogP contribution is -2.34. The van der Waals surface area contributed by atoms with E-state index in [-0.39, 0.29) is 17.2 Å². The van der Waals surface area contributed by atoms with Gasteiger partial charge < -0.3 is 4.90 Å². The molecule has 0 aliphatic carbocycles. The maximum atomic E-state index is 13.3. The molecule has 3 rings (SSSR count). The molecule has 7 heteroatoms. The summed E-state index contributed by atoms with van der Waals surface area (Å²) < 4.78 is 2.06. The maximum Gasteiger partial charge on any atom is 0.275 e. The van der Waals surface area contributed by atoms with Crippen molar-refractivity contribution in [3.63, 3.8) is 0 Å². The Morgan fingerprint density at radius 3 is 2.67 bits per heavy atom. The molecule has 0 unspecified atom stereocenters. The zero-order valence-electron chi connectivity index (χ0n) is 15.0. The molecule has 0 atom stereocenters. The van der Waals surface area contributed by atoms with Crippen LogP contribution in [0.2, 0.25) is 4.34 Å². The van der Waals surface area contributed by atoms with E-state index in [1.807, 2.05) is 19.1 Å². The molecule has 0 saturated heterocycles. The van der Waals surface area contributed by atoms with E-state index >= 15 is 0 Å². The lowest BCUT2D eigenvalue weighted by Gasteiger charge is -2.21. The standard InChI is InChI=1S/C20H20ClN3O2S/c1-3-11-23(13-14-9-10-17(21)27-14)20(26)18-15-7-5-6-8-16(15)19(25)24(22-18)12-4-2/h3,5-10H,1,4,11-13H2,2H3. The van der Waals surface area contributed by atoms with Crippen LogP contribution in [0.1, 0.15) is 28.7 Å². The van der Waals surface area contributed by atoms with Crippen molar-refractivity contribution in [1.82, 2.24) is 14.7 Å². The Hall–Kier alpha value is -2.44. The summed E-state index contributed by atoms with van der Waals surface area (Å²) in [5.41, 5.74) is 0.104. The molecule has 0 aliphatic rings. The number of benzene rings is 1. The highest BCUT2D eigenvalue weighted by Gasteiger charge is 2.22. The number of halogens is 1. The molecule has 2 heterocycles. The minimum Gasteiger partial charge on any atom is -0.328 e. The monoisotopic (exact) mass is 401 g/mol. The number of aromatic nitrogens is 2. The van der Waals surface area contributed by atoms with Crippen LogP contribution in [0.4, 0.5) is 0 Å². The molecule has 0 saturated carbocycles. The lowest BCUT2D eigenvalue weighted by atomic mass is 10.1. The van der Waals surface area contributed by atoms with Crippen LogP contribution in [0.25, 0.3) is 10.8 Å². The zero-order valence-corrected chi connectivity index (χ0v) is 16.6. The van der Waals surface area contributed by atoms with Gasteiger partial charge in [-0.1, -0.05) is 42.8 Å². The molecule has 140 valence electrons. The van der Waals surface area contributed by atoms with Crippen LogP contribution < -0.4 is 5.56 Å². The first-order chi connectivity index (χ1) is 13.0. The van der Waals surface area contributed by atoms with E-state index in [2.05, 4.69) is 11.7 Å². The average molecular weight is 402 g/mol. The minimum atomic E-state index is -0.236. The summed E-state index contributed by atoms with van der Waals surface area (Å²) in [6, 6.07) is 10.8. The van der Waals surface area contributed by atoms with Crippen LogP contribution in [0.3, 0.4) is 0 Å². The minimum absolute atomic E-state index is 0.177. The Balaban J connectivity index is 2.07. The van der Waals surface area contributed by atoms with Gasteiger partial charge in [0, 0.05) is 23.4 Å². The summed E-state index contributed by atoms with van der Waals surface area (Å²) in [5.74, 6) is -0.236. The second-order valence-electron chi connectivity index (χ2n) is 6.10. The number of nitrogens with zero attached hydrogens (tertiary/aromatic N) is 3. The van der Waals surface area contributed by atoms with Crippen LogP contribution >= 0.6 is 22.9 Å². The molecule has 0 radical (unpaired) electrons. The number of thiophene rings is 1. The van der Waals surface area contributed by atoms with E-state index in [0.717, 1.165) is 11.3 Å². The van der Waals surface area contributed by atoms with E-state index in [4.69, 9.17) is 11.6 Å². The van der Waals surface area contributed by atoms with Gasteiger partial charge in [0.2, 0.25) is 0 Å². The molecule has 0 aliphatic heterocycles. The van der Waals surface area contributed by atoms with Gasteiger partial charge in [-0.3, -0.25) is 9.59 Å². The Morgan fingerprint density at radius 2 is 2.04 bits per heavy atom. The molecule has 1 aromatic carbocycles. The van der Waals surface area contributed by atoms with Crippen LogP contribution in [-0.4, -0.2) is 27.1 Å². The molecule has 5 nitrogen and oxygen atoms in total. The molecule has 0 bridgehead atoms. The maximum absolute atomic E-state index is 13.3. The van der Waals surface area contributed by atoms with Gasteiger partial charge in [-0.05, 0) is 24.6 Å². The Morgan fingerprint density at radius 1 is 1.30 bits per heavy atom. The molecule has 27 heavy (non-hydrogen) atoms. The summed E-state index contributed by atoms with van der Waals surface area (Å²) in [7, 11) is 0. The van der Waals surface area contributed by atoms with Crippen LogP contribution in [0.15, 0.2) is 53.8 Å². The van der Waals surface area contributed by atoms with Crippen LogP contribution in [-0.2, 0) is 13.1 Å². The number of rotatable bonds is 7. The van der Waals surface area contributed by atoms with Crippen molar-refractivity contribution < 1.29 is 4.79 Å². The second kappa shape index (κ2) is 8.50. The third-order valence-electron chi connectivity index (χ3n) is 4.12. The SMILES string of the molecule is C=CCN(Cc1ccc(Cl)s1)C(=O)c1nn(CCC)c(=O)c2ccccc12. The first kappa shape index (κ1) is 19.3. The molecule has 0 spiro atoms. The predicted molar refractivity (Wildman–Crippen MR) is 111 cm³/mol. The smallest absolute Gasteiger partial charge is 0.275 e. The normalized spacial score (nSPS) is 10.9. The fraction of sp³-hybridized carbons (Fsp3) is 0.250. The fourth-order valence-electron chi connectivity index (χ4n) is 2.91. The van der Waals surface area contributed by atoms with Gasteiger partial charge in [0.15, 0.2) is 5.69 Å². The van der Waals surface area contributed by atoms with Crippen molar-refractivity contribution in [2.45, 2.75) is 26.4 Å².